The Bertz CT molecular complexity index is 1030. The number of aliphatic carboxylic acids is 1. The Balaban J connectivity index is 2.01. The standard InChI is InChI=1S/C23H25NO5/c1-4-5-12-29-17-8-6-16(7-9-17)23(27)24-15(2)19(14-22(25)26)20-13-18(28-3)10-11-21(20)24/h6-11,13H,4-5,12,14H2,1-3H3,(H,25,26). The van der Waals surface area contributed by atoms with Crippen LogP contribution in [0.25, 0.3) is 10.9 Å². The molecule has 29 heavy (non-hydrogen) atoms. The molecule has 0 bridgehead atoms. The molecule has 0 amide bonds. The van der Waals surface area contributed by atoms with E-state index in [1.165, 1.54) is 0 Å². The van der Waals surface area contributed by atoms with Crippen molar-refractivity contribution in [3.8, 4) is 11.5 Å². The van der Waals surface area contributed by atoms with Gasteiger partial charge >= 0.3 is 5.97 Å². The van der Waals surface area contributed by atoms with Crippen molar-refractivity contribution in [1.82, 2.24) is 4.57 Å². The van der Waals surface area contributed by atoms with Gasteiger partial charge in [-0.25, -0.2) is 0 Å². The van der Waals surface area contributed by atoms with Gasteiger partial charge in [0.15, 0.2) is 0 Å². The fourth-order valence-electron chi connectivity index (χ4n) is 3.38. The molecule has 0 unspecified atom stereocenters. The number of methoxy groups -OCH3 is 1. The molecule has 152 valence electrons. The van der Waals surface area contributed by atoms with Crippen LogP contribution in [0.3, 0.4) is 0 Å². The van der Waals surface area contributed by atoms with Gasteiger partial charge in [-0.15, -0.1) is 0 Å². The summed E-state index contributed by atoms with van der Waals surface area (Å²) in [6.45, 7) is 4.51. The number of fused-ring (bicyclic) bond motifs is 1. The third-order valence-corrected chi connectivity index (χ3v) is 4.94. The number of rotatable bonds is 8. The molecule has 0 radical (unpaired) electrons. The highest BCUT2D eigenvalue weighted by Gasteiger charge is 2.21. The van der Waals surface area contributed by atoms with Crippen molar-refractivity contribution in [3.05, 3.63) is 59.3 Å². The average molecular weight is 395 g/mol. The topological polar surface area (TPSA) is 77.8 Å². The summed E-state index contributed by atoms with van der Waals surface area (Å²) in [5.41, 5.74) is 2.39. The first kappa shape index (κ1) is 20.5. The van der Waals surface area contributed by atoms with E-state index in [2.05, 4.69) is 6.92 Å². The fraction of sp³-hybridized carbons (Fsp3) is 0.304. The Labute approximate surface area is 169 Å². The zero-order chi connectivity index (χ0) is 21.0. The molecule has 0 aliphatic heterocycles. The summed E-state index contributed by atoms with van der Waals surface area (Å²) in [6.07, 6.45) is 1.87. The van der Waals surface area contributed by atoms with E-state index < -0.39 is 5.97 Å². The summed E-state index contributed by atoms with van der Waals surface area (Å²) >= 11 is 0. The number of benzene rings is 2. The number of carboxylic acid groups (broad SMARTS) is 1. The first-order valence-corrected chi connectivity index (χ1v) is 9.63. The lowest BCUT2D eigenvalue weighted by Gasteiger charge is -2.09. The van der Waals surface area contributed by atoms with Gasteiger partial charge in [-0.05, 0) is 61.4 Å². The number of carbonyl (C=O) groups excluding carboxylic acids is 1. The van der Waals surface area contributed by atoms with E-state index in [-0.39, 0.29) is 12.3 Å². The van der Waals surface area contributed by atoms with Crippen LogP contribution in [0.4, 0.5) is 0 Å². The lowest BCUT2D eigenvalue weighted by molar-refractivity contribution is -0.136. The molecule has 3 aromatic rings. The summed E-state index contributed by atoms with van der Waals surface area (Å²) in [5.74, 6) is 0.174. The Morgan fingerprint density at radius 1 is 1.07 bits per heavy atom. The zero-order valence-corrected chi connectivity index (χ0v) is 16.9. The smallest absolute Gasteiger partial charge is 0.307 e. The summed E-state index contributed by atoms with van der Waals surface area (Å²) < 4.78 is 12.5. The van der Waals surface area contributed by atoms with Crippen LogP contribution in [-0.2, 0) is 11.2 Å². The van der Waals surface area contributed by atoms with Gasteiger partial charge in [-0.3, -0.25) is 14.2 Å². The number of aromatic nitrogens is 1. The van der Waals surface area contributed by atoms with E-state index in [4.69, 9.17) is 9.47 Å². The van der Waals surface area contributed by atoms with Crippen molar-refractivity contribution in [3.63, 3.8) is 0 Å². The lowest BCUT2D eigenvalue weighted by Crippen LogP contribution is -2.14. The van der Waals surface area contributed by atoms with E-state index in [0.29, 0.717) is 40.1 Å². The van der Waals surface area contributed by atoms with E-state index in [0.717, 1.165) is 18.6 Å². The van der Waals surface area contributed by atoms with Crippen LogP contribution in [0.1, 0.15) is 41.4 Å². The van der Waals surface area contributed by atoms with E-state index in [9.17, 15) is 14.7 Å². The molecule has 0 aliphatic carbocycles. The lowest BCUT2D eigenvalue weighted by atomic mass is 10.1. The van der Waals surface area contributed by atoms with Gasteiger partial charge in [0.25, 0.3) is 5.91 Å². The monoisotopic (exact) mass is 395 g/mol. The summed E-state index contributed by atoms with van der Waals surface area (Å²) in [4.78, 5) is 24.6. The molecule has 1 N–H and O–H groups in total. The predicted molar refractivity (Wildman–Crippen MR) is 111 cm³/mol. The van der Waals surface area contributed by atoms with Crippen molar-refractivity contribution in [2.45, 2.75) is 33.1 Å². The maximum absolute atomic E-state index is 13.2. The maximum atomic E-state index is 13.2. The summed E-state index contributed by atoms with van der Waals surface area (Å²) in [5, 5.41) is 10.0. The van der Waals surface area contributed by atoms with Crippen LogP contribution in [-0.4, -0.2) is 35.3 Å². The maximum Gasteiger partial charge on any atom is 0.307 e. The number of carboxylic acids is 1. The van der Waals surface area contributed by atoms with Crippen LogP contribution >= 0.6 is 0 Å². The molecule has 0 spiro atoms. The number of unbranched alkanes of at least 4 members (excludes halogenated alkanes) is 1. The molecule has 0 fully saturated rings. The largest absolute Gasteiger partial charge is 0.497 e. The molecule has 1 heterocycles. The minimum atomic E-state index is -0.948. The molecule has 0 atom stereocenters. The number of hydrogen-bond acceptors (Lipinski definition) is 4. The third kappa shape index (κ3) is 4.26. The van der Waals surface area contributed by atoms with Gasteiger partial charge in [-0.1, -0.05) is 13.3 Å². The first-order valence-electron chi connectivity index (χ1n) is 9.63. The van der Waals surface area contributed by atoms with Gasteiger partial charge in [0.05, 0.1) is 25.7 Å². The van der Waals surface area contributed by atoms with Gasteiger partial charge < -0.3 is 14.6 Å². The van der Waals surface area contributed by atoms with Gasteiger partial charge in [-0.2, -0.15) is 0 Å². The zero-order valence-electron chi connectivity index (χ0n) is 16.9. The molecule has 0 aliphatic rings. The Morgan fingerprint density at radius 3 is 2.38 bits per heavy atom. The number of hydrogen-bond donors (Lipinski definition) is 1. The average Bonchev–Trinajstić information content (AvgIpc) is 2.98. The van der Waals surface area contributed by atoms with E-state index in [1.54, 1.807) is 61.1 Å². The predicted octanol–water partition coefficient (Wildman–Crippen LogP) is 4.45. The number of nitrogens with zero attached hydrogens (tertiary/aromatic N) is 1. The Kier molecular flexibility index (Phi) is 6.22. The normalized spacial score (nSPS) is 10.9. The molecule has 3 rings (SSSR count). The fourth-order valence-corrected chi connectivity index (χ4v) is 3.38. The van der Waals surface area contributed by atoms with Gasteiger partial charge in [0.1, 0.15) is 11.5 Å². The quantitative estimate of drug-likeness (QED) is 0.570. The number of carbonyl (C=O) groups is 2. The minimum absolute atomic E-state index is 0.167. The second kappa shape index (κ2) is 8.82. The SMILES string of the molecule is CCCCOc1ccc(C(=O)n2c(C)c(CC(=O)O)c3cc(OC)ccc32)cc1. The molecule has 1 aromatic heterocycles. The Morgan fingerprint density at radius 2 is 1.76 bits per heavy atom. The second-order valence-electron chi connectivity index (χ2n) is 6.88. The van der Waals surface area contributed by atoms with Crippen molar-refractivity contribution < 1.29 is 24.2 Å². The van der Waals surface area contributed by atoms with Crippen molar-refractivity contribution in [2.24, 2.45) is 0 Å². The minimum Gasteiger partial charge on any atom is -0.497 e. The van der Waals surface area contributed by atoms with Crippen LogP contribution < -0.4 is 9.47 Å². The highest BCUT2D eigenvalue weighted by atomic mass is 16.5. The van der Waals surface area contributed by atoms with Crippen molar-refractivity contribution in [2.75, 3.05) is 13.7 Å². The third-order valence-electron chi connectivity index (χ3n) is 4.94. The molecule has 2 aromatic carbocycles. The van der Waals surface area contributed by atoms with Crippen LogP contribution in [0.2, 0.25) is 0 Å². The summed E-state index contributed by atoms with van der Waals surface area (Å²) in [6, 6.07) is 12.4. The molecular formula is C23H25NO5. The summed E-state index contributed by atoms with van der Waals surface area (Å²) in [7, 11) is 1.55. The van der Waals surface area contributed by atoms with E-state index in [1.807, 2.05) is 0 Å². The van der Waals surface area contributed by atoms with E-state index >= 15 is 0 Å². The number of ether oxygens (including phenoxy) is 2. The van der Waals surface area contributed by atoms with Gasteiger partial charge in [0, 0.05) is 16.6 Å². The van der Waals surface area contributed by atoms with Crippen LogP contribution in [0, 0.1) is 6.92 Å². The highest BCUT2D eigenvalue weighted by molar-refractivity contribution is 6.05. The second-order valence-corrected chi connectivity index (χ2v) is 6.88. The molecule has 6 nitrogen and oxygen atoms in total. The van der Waals surface area contributed by atoms with Gasteiger partial charge in [0.2, 0.25) is 0 Å². The Hall–Kier alpha value is -3.28. The van der Waals surface area contributed by atoms with Crippen molar-refractivity contribution >= 4 is 22.8 Å². The van der Waals surface area contributed by atoms with Crippen molar-refractivity contribution in [1.29, 1.82) is 0 Å². The highest BCUT2D eigenvalue weighted by Crippen LogP contribution is 2.31. The first-order chi connectivity index (χ1) is 14.0. The molecule has 6 heteroatoms. The molecular weight excluding hydrogens is 370 g/mol. The molecule has 0 saturated heterocycles. The van der Waals surface area contributed by atoms with Crippen LogP contribution in [0.15, 0.2) is 42.5 Å². The van der Waals surface area contributed by atoms with Crippen LogP contribution in [0.5, 0.6) is 11.5 Å². The molecule has 0 saturated carbocycles.